The average Bonchev–Trinajstić information content (AvgIpc) is 2.23. The molecule has 1 aliphatic rings. The molecule has 14 heavy (non-hydrogen) atoms. The maximum atomic E-state index is 4.24. The Hall–Kier alpha value is -0.410. The molecule has 1 fully saturated rings. The van der Waals surface area contributed by atoms with E-state index in [4.69, 9.17) is 0 Å². The summed E-state index contributed by atoms with van der Waals surface area (Å²) in [5.41, 5.74) is 1.33. The van der Waals surface area contributed by atoms with Crippen LogP contribution in [0.1, 0.15) is 18.4 Å². The molecule has 0 amide bonds. The van der Waals surface area contributed by atoms with Crippen LogP contribution in [0.5, 0.6) is 0 Å². The number of aromatic nitrogens is 1. The fourth-order valence-corrected chi connectivity index (χ4v) is 2.39. The second-order valence-electron chi connectivity index (χ2n) is 3.87. The normalized spacial score (nSPS) is 22.2. The minimum absolute atomic E-state index is 0.782. The fourth-order valence-electron chi connectivity index (χ4n) is 1.98. The summed E-state index contributed by atoms with van der Waals surface area (Å²) in [6, 6.07) is 4.17. The summed E-state index contributed by atoms with van der Waals surface area (Å²) >= 11 is 3.49. The van der Waals surface area contributed by atoms with Gasteiger partial charge in [-0.1, -0.05) is 6.07 Å². The minimum Gasteiger partial charge on any atom is -0.316 e. The van der Waals surface area contributed by atoms with E-state index in [2.05, 4.69) is 32.3 Å². The molecular weight excluding hydrogens is 240 g/mol. The molecule has 1 atom stereocenters. The fraction of sp³-hybridized carbons (Fsp3) is 0.545. The van der Waals surface area contributed by atoms with Crippen LogP contribution < -0.4 is 5.32 Å². The van der Waals surface area contributed by atoms with Crippen molar-refractivity contribution in [2.75, 3.05) is 13.1 Å². The molecule has 1 aliphatic heterocycles. The number of hydrogen-bond donors (Lipinski definition) is 1. The smallest absolute Gasteiger partial charge is 0.109 e. The molecule has 76 valence electrons. The molecule has 2 heterocycles. The maximum Gasteiger partial charge on any atom is 0.109 e. The van der Waals surface area contributed by atoms with Crippen molar-refractivity contribution in [2.24, 2.45) is 5.92 Å². The van der Waals surface area contributed by atoms with E-state index in [1.165, 1.54) is 24.9 Å². The van der Waals surface area contributed by atoms with E-state index in [1.54, 1.807) is 0 Å². The number of nitrogens with one attached hydrogen (secondary N) is 1. The SMILES string of the molecule is Brc1ncccc1CC1CCCNC1. The summed E-state index contributed by atoms with van der Waals surface area (Å²) in [5, 5.41) is 3.44. The number of pyridine rings is 1. The molecule has 1 unspecified atom stereocenters. The van der Waals surface area contributed by atoms with Gasteiger partial charge in [-0.05, 0) is 65.8 Å². The summed E-state index contributed by atoms with van der Waals surface area (Å²) < 4.78 is 1.01. The minimum atomic E-state index is 0.782. The van der Waals surface area contributed by atoms with Crippen molar-refractivity contribution >= 4 is 15.9 Å². The molecular formula is C11H15BrN2. The van der Waals surface area contributed by atoms with E-state index >= 15 is 0 Å². The Kier molecular flexibility index (Phi) is 3.54. The Bertz CT molecular complexity index is 295. The quantitative estimate of drug-likeness (QED) is 0.821. The van der Waals surface area contributed by atoms with Crippen LogP contribution >= 0.6 is 15.9 Å². The van der Waals surface area contributed by atoms with Gasteiger partial charge >= 0.3 is 0 Å². The topological polar surface area (TPSA) is 24.9 Å². The first kappa shape index (κ1) is 10.1. The van der Waals surface area contributed by atoms with E-state index in [9.17, 15) is 0 Å². The Morgan fingerprint density at radius 2 is 2.50 bits per heavy atom. The van der Waals surface area contributed by atoms with Gasteiger partial charge in [-0.15, -0.1) is 0 Å². The van der Waals surface area contributed by atoms with Crippen molar-refractivity contribution in [3.63, 3.8) is 0 Å². The lowest BCUT2D eigenvalue weighted by Crippen LogP contribution is -2.30. The highest BCUT2D eigenvalue weighted by Crippen LogP contribution is 2.20. The number of hydrogen-bond acceptors (Lipinski definition) is 2. The predicted molar refractivity (Wildman–Crippen MR) is 61.2 cm³/mol. The summed E-state index contributed by atoms with van der Waals surface area (Å²) in [6.45, 7) is 2.34. The Morgan fingerprint density at radius 3 is 3.21 bits per heavy atom. The summed E-state index contributed by atoms with van der Waals surface area (Å²) in [4.78, 5) is 4.24. The summed E-state index contributed by atoms with van der Waals surface area (Å²) in [7, 11) is 0. The lowest BCUT2D eigenvalue weighted by molar-refractivity contribution is 0.375. The number of rotatable bonds is 2. The molecule has 0 aromatic carbocycles. The van der Waals surface area contributed by atoms with Crippen LogP contribution in [0.3, 0.4) is 0 Å². The van der Waals surface area contributed by atoms with Crippen molar-refractivity contribution in [2.45, 2.75) is 19.3 Å². The van der Waals surface area contributed by atoms with Crippen LogP contribution in [0, 0.1) is 5.92 Å². The van der Waals surface area contributed by atoms with Crippen molar-refractivity contribution in [3.05, 3.63) is 28.5 Å². The maximum absolute atomic E-state index is 4.24. The first-order valence-corrected chi connectivity index (χ1v) is 5.95. The lowest BCUT2D eigenvalue weighted by Gasteiger charge is -2.22. The highest BCUT2D eigenvalue weighted by molar-refractivity contribution is 9.10. The molecule has 1 N–H and O–H groups in total. The molecule has 0 bridgehead atoms. The number of nitrogens with zero attached hydrogens (tertiary/aromatic N) is 1. The number of halogens is 1. The highest BCUT2D eigenvalue weighted by Gasteiger charge is 2.14. The van der Waals surface area contributed by atoms with Crippen molar-refractivity contribution < 1.29 is 0 Å². The standard InChI is InChI=1S/C11H15BrN2/c12-11-10(4-2-6-14-11)7-9-3-1-5-13-8-9/h2,4,6,9,13H,1,3,5,7-8H2. The first-order valence-electron chi connectivity index (χ1n) is 5.16. The molecule has 0 aliphatic carbocycles. The third-order valence-electron chi connectivity index (χ3n) is 2.74. The summed E-state index contributed by atoms with van der Waals surface area (Å²) in [5.74, 6) is 0.782. The van der Waals surface area contributed by atoms with Gasteiger partial charge in [-0.25, -0.2) is 4.98 Å². The summed E-state index contributed by atoms with van der Waals surface area (Å²) in [6.07, 6.45) is 5.62. The lowest BCUT2D eigenvalue weighted by atomic mass is 9.93. The van der Waals surface area contributed by atoms with Gasteiger partial charge in [0.15, 0.2) is 0 Å². The molecule has 2 nitrogen and oxygen atoms in total. The third-order valence-corrected chi connectivity index (χ3v) is 3.46. The van der Waals surface area contributed by atoms with E-state index in [1.807, 2.05) is 12.3 Å². The molecule has 3 heteroatoms. The molecule has 2 rings (SSSR count). The second kappa shape index (κ2) is 4.89. The molecule has 1 saturated heterocycles. The van der Waals surface area contributed by atoms with Gasteiger partial charge in [0.1, 0.15) is 4.60 Å². The second-order valence-corrected chi connectivity index (χ2v) is 4.62. The van der Waals surface area contributed by atoms with Crippen LogP contribution in [0.4, 0.5) is 0 Å². The molecule has 0 radical (unpaired) electrons. The van der Waals surface area contributed by atoms with Crippen LogP contribution in [0.2, 0.25) is 0 Å². The van der Waals surface area contributed by atoms with E-state index in [0.717, 1.165) is 23.5 Å². The van der Waals surface area contributed by atoms with Gasteiger partial charge in [0.05, 0.1) is 0 Å². The van der Waals surface area contributed by atoms with Crippen LogP contribution in [-0.2, 0) is 6.42 Å². The molecule has 1 aromatic rings. The Labute approximate surface area is 93.3 Å². The zero-order chi connectivity index (χ0) is 9.80. The van der Waals surface area contributed by atoms with Gasteiger partial charge in [-0.2, -0.15) is 0 Å². The Morgan fingerprint density at radius 1 is 1.57 bits per heavy atom. The van der Waals surface area contributed by atoms with Gasteiger partial charge in [0.25, 0.3) is 0 Å². The van der Waals surface area contributed by atoms with Crippen LogP contribution in [0.25, 0.3) is 0 Å². The molecule has 0 spiro atoms. The predicted octanol–water partition coefficient (Wildman–Crippen LogP) is 2.39. The first-order chi connectivity index (χ1) is 6.86. The van der Waals surface area contributed by atoms with Crippen LogP contribution in [-0.4, -0.2) is 18.1 Å². The average molecular weight is 255 g/mol. The van der Waals surface area contributed by atoms with Crippen molar-refractivity contribution in [1.29, 1.82) is 0 Å². The number of piperidine rings is 1. The van der Waals surface area contributed by atoms with Crippen molar-refractivity contribution in [3.8, 4) is 0 Å². The van der Waals surface area contributed by atoms with E-state index in [0.29, 0.717) is 0 Å². The largest absolute Gasteiger partial charge is 0.316 e. The van der Waals surface area contributed by atoms with Crippen LogP contribution in [0.15, 0.2) is 22.9 Å². The van der Waals surface area contributed by atoms with Gasteiger partial charge in [0, 0.05) is 6.20 Å². The van der Waals surface area contributed by atoms with Gasteiger partial charge in [-0.3, -0.25) is 0 Å². The van der Waals surface area contributed by atoms with Crippen molar-refractivity contribution in [1.82, 2.24) is 10.3 Å². The van der Waals surface area contributed by atoms with Gasteiger partial charge in [0.2, 0.25) is 0 Å². The van der Waals surface area contributed by atoms with E-state index < -0.39 is 0 Å². The van der Waals surface area contributed by atoms with E-state index in [-0.39, 0.29) is 0 Å². The molecule has 1 aromatic heterocycles. The zero-order valence-corrected chi connectivity index (χ0v) is 9.76. The van der Waals surface area contributed by atoms with Gasteiger partial charge < -0.3 is 5.32 Å². The monoisotopic (exact) mass is 254 g/mol. The zero-order valence-electron chi connectivity index (χ0n) is 8.17. The third kappa shape index (κ3) is 2.55. The molecule has 0 saturated carbocycles. The Balaban J connectivity index is 1.99. The highest BCUT2D eigenvalue weighted by atomic mass is 79.9.